The van der Waals surface area contributed by atoms with Gasteiger partial charge < -0.3 is 15.1 Å². The molecule has 1 amide bonds. The van der Waals surface area contributed by atoms with Gasteiger partial charge in [0, 0.05) is 26.2 Å². The molecule has 1 heterocycles. The highest BCUT2D eigenvalue weighted by atomic mass is 16.1. The summed E-state index contributed by atoms with van der Waals surface area (Å²) in [6.45, 7) is 13.8. The van der Waals surface area contributed by atoms with E-state index >= 15 is 0 Å². The molecule has 1 aliphatic rings. The Hall–Kier alpha value is -1.81. The number of hydrogen-bond acceptors (Lipinski definition) is 3. The third kappa shape index (κ3) is 5.53. The normalized spacial score (nSPS) is 14.8. The molecule has 4 nitrogen and oxygen atoms in total. The van der Waals surface area contributed by atoms with Gasteiger partial charge in [-0.1, -0.05) is 32.9 Å². The number of rotatable bonds is 3. The molecule has 1 fully saturated rings. The van der Waals surface area contributed by atoms with Gasteiger partial charge in [-0.15, -0.1) is 0 Å². The quantitative estimate of drug-likeness (QED) is 0.870. The van der Waals surface area contributed by atoms with Crippen LogP contribution in [0.15, 0.2) is 30.9 Å². The van der Waals surface area contributed by atoms with Crippen molar-refractivity contribution in [3.05, 3.63) is 36.4 Å². The fourth-order valence-corrected chi connectivity index (χ4v) is 2.26. The van der Waals surface area contributed by atoms with Crippen LogP contribution in [0.3, 0.4) is 0 Å². The minimum absolute atomic E-state index is 0.166. The van der Waals surface area contributed by atoms with Crippen molar-refractivity contribution >= 4 is 17.3 Å². The molecule has 1 aromatic carbocycles. The van der Waals surface area contributed by atoms with Gasteiger partial charge in [0.2, 0.25) is 5.91 Å². The van der Waals surface area contributed by atoms with Crippen molar-refractivity contribution < 1.29 is 4.79 Å². The summed E-state index contributed by atoms with van der Waals surface area (Å²) in [6.07, 6.45) is 2.55. The highest BCUT2D eigenvalue weighted by Gasteiger charge is 2.17. The second kappa shape index (κ2) is 9.26. The van der Waals surface area contributed by atoms with Gasteiger partial charge in [-0.05, 0) is 37.7 Å². The Balaban J connectivity index is 0.000000745. The van der Waals surface area contributed by atoms with E-state index in [4.69, 9.17) is 0 Å². The van der Waals surface area contributed by atoms with Gasteiger partial charge in [-0.2, -0.15) is 0 Å². The molecule has 0 bridgehead atoms. The number of piperazine rings is 1. The van der Waals surface area contributed by atoms with Gasteiger partial charge in [0.1, 0.15) is 0 Å². The van der Waals surface area contributed by atoms with Gasteiger partial charge >= 0.3 is 0 Å². The molecule has 0 saturated carbocycles. The van der Waals surface area contributed by atoms with Crippen molar-refractivity contribution in [3.63, 3.8) is 0 Å². The lowest BCUT2D eigenvalue weighted by Crippen LogP contribution is -2.44. The second-order valence-corrected chi connectivity index (χ2v) is 5.71. The zero-order valence-corrected chi connectivity index (χ0v) is 14.4. The van der Waals surface area contributed by atoms with E-state index in [1.54, 1.807) is 0 Å². The molecule has 0 unspecified atom stereocenters. The molecular weight excluding hydrogens is 274 g/mol. The summed E-state index contributed by atoms with van der Waals surface area (Å²) in [6, 6.07) is 6.17. The topological polar surface area (TPSA) is 35.6 Å². The minimum Gasteiger partial charge on any atom is -0.367 e. The molecule has 4 heteroatoms. The highest BCUT2D eigenvalue weighted by Crippen LogP contribution is 2.28. The number of likely N-dealkylation sites (N-methyl/N-ethyl adjacent to an activating group) is 1. The standard InChI is InChI=1S/C15H21N3O.C3H8/c1-4-15(19)16-13-11-12(2)5-6-14(13)18-9-7-17(3)8-10-18;1-3-2/h4-6,11H,1,7-10H2,2-3H3,(H,16,19);3H2,1-2H3. The maximum atomic E-state index is 11.5. The number of hydrogen-bond donors (Lipinski definition) is 1. The predicted octanol–water partition coefficient (Wildman–Crippen LogP) is 3.29. The van der Waals surface area contributed by atoms with E-state index in [-0.39, 0.29) is 5.91 Å². The molecule has 0 spiro atoms. The van der Waals surface area contributed by atoms with E-state index in [1.165, 1.54) is 12.5 Å². The number of carbonyl (C=O) groups excluding carboxylic acids is 1. The molecule has 122 valence electrons. The molecule has 0 aliphatic carbocycles. The van der Waals surface area contributed by atoms with Crippen LogP contribution in [-0.4, -0.2) is 44.0 Å². The Kier molecular flexibility index (Phi) is 7.67. The number of amides is 1. The van der Waals surface area contributed by atoms with E-state index in [0.717, 1.165) is 43.1 Å². The van der Waals surface area contributed by atoms with Gasteiger partial charge in [0.15, 0.2) is 0 Å². The summed E-state index contributed by atoms with van der Waals surface area (Å²) in [7, 11) is 2.13. The number of aryl methyl sites for hydroxylation is 1. The van der Waals surface area contributed by atoms with E-state index in [2.05, 4.69) is 54.7 Å². The Labute approximate surface area is 134 Å². The van der Waals surface area contributed by atoms with Crippen molar-refractivity contribution in [3.8, 4) is 0 Å². The van der Waals surface area contributed by atoms with Crippen molar-refractivity contribution in [2.75, 3.05) is 43.4 Å². The molecule has 2 rings (SSSR count). The van der Waals surface area contributed by atoms with Crippen molar-refractivity contribution in [2.24, 2.45) is 0 Å². The van der Waals surface area contributed by atoms with E-state index in [1.807, 2.05) is 13.0 Å². The molecule has 0 aromatic heterocycles. The van der Waals surface area contributed by atoms with E-state index < -0.39 is 0 Å². The van der Waals surface area contributed by atoms with Gasteiger partial charge in [-0.3, -0.25) is 4.79 Å². The molecule has 0 atom stereocenters. The highest BCUT2D eigenvalue weighted by molar-refractivity contribution is 6.01. The lowest BCUT2D eigenvalue weighted by Gasteiger charge is -2.35. The van der Waals surface area contributed by atoms with Crippen LogP contribution >= 0.6 is 0 Å². The van der Waals surface area contributed by atoms with Crippen LogP contribution in [-0.2, 0) is 4.79 Å². The number of benzene rings is 1. The molecule has 1 aliphatic heterocycles. The first kappa shape index (κ1) is 18.2. The number of nitrogens with zero attached hydrogens (tertiary/aromatic N) is 2. The van der Waals surface area contributed by atoms with Crippen LogP contribution in [0, 0.1) is 6.92 Å². The number of nitrogens with one attached hydrogen (secondary N) is 1. The van der Waals surface area contributed by atoms with Gasteiger partial charge in [0.25, 0.3) is 0 Å². The number of anilines is 2. The van der Waals surface area contributed by atoms with Gasteiger partial charge in [0.05, 0.1) is 11.4 Å². The Morgan fingerprint density at radius 3 is 2.41 bits per heavy atom. The Morgan fingerprint density at radius 1 is 1.27 bits per heavy atom. The van der Waals surface area contributed by atoms with Crippen molar-refractivity contribution in [2.45, 2.75) is 27.2 Å². The molecule has 22 heavy (non-hydrogen) atoms. The van der Waals surface area contributed by atoms with Crippen LogP contribution < -0.4 is 10.2 Å². The lowest BCUT2D eigenvalue weighted by atomic mass is 10.1. The average Bonchev–Trinajstić information content (AvgIpc) is 2.49. The summed E-state index contributed by atoms with van der Waals surface area (Å²) in [5.74, 6) is -0.166. The second-order valence-electron chi connectivity index (χ2n) is 5.71. The first-order valence-corrected chi connectivity index (χ1v) is 7.99. The third-order valence-corrected chi connectivity index (χ3v) is 3.44. The fourth-order valence-electron chi connectivity index (χ4n) is 2.26. The lowest BCUT2D eigenvalue weighted by molar-refractivity contribution is -0.111. The molecule has 0 radical (unpaired) electrons. The van der Waals surface area contributed by atoms with Crippen LogP contribution in [0.5, 0.6) is 0 Å². The van der Waals surface area contributed by atoms with Crippen LogP contribution in [0.1, 0.15) is 25.8 Å². The predicted molar refractivity (Wildman–Crippen MR) is 95.7 cm³/mol. The summed E-state index contributed by atoms with van der Waals surface area (Å²) >= 11 is 0. The summed E-state index contributed by atoms with van der Waals surface area (Å²) < 4.78 is 0. The minimum atomic E-state index is -0.166. The third-order valence-electron chi connectivity index (χ3n) is 3.44. The monoisotopic (exact) mass is 303 g/mol. The zero-order valence-electron chi connectivity index (χ0n) is 14.4. The molecule has 1 saturated heterocycles. The summed E-state index contributed by atoms with van der Waals surface area (Å²) in [5.41, 5.74) is 3.10. The maximum Gasteiger partial charge on any atom is 0.247 e. The average molecular weight is 303 g/mol. The first-order valence-electron chi connectivity index (χ1n) is 7.99. The molecule has 1 aromatic rings. The zero-order chi connectivity index (χ0) is 16.5. The Bertz CT molecular complexity index is 491. The van der Waals surface area contributed by atoms with E-state index in [0.29, 0.717) is 0 Å². The summed E-state index contributed by atoms with van der Waals surface area (Å²) in [4.78, 5) is 16.2. The number of carbonyl (C=O) groups is 1. The summed E-state index contributed by atoms with van der Waals surface area (Å²) in [5, 5.41) is 2.90. The smallest absolute Gasteiger partial charge is 0.247 e. The van der Waals surface area contributed by atoms with Crippen molar-refractivity contribution in [1.82, 2.24) is 4.90 Å². The van der Waals surface area contributed by atoms with Crippen LogP contribution in [0.4, 0.5) is 11.4 Å². The SMILES string of the molecule is C=CC(=O)Nc1cc(C)ccc1N1CCN(C)CC1.CCC. The maximum absolute atomic E-state index is 11.5. The van der Waals surface area contributed by atoms with Gasteiger partial charge in [-0.25, -0.2) is 0 Å². The first-order chi connectivity index (χ1) is 10.5. The molecule has 1 N–H and O–H groups in total. The Morgan fingerprint density at radius 2 is 1.86 bits per heavy atom. The van der Waals surface area contributed by atoms with Crippen molar-refractivity contribution in [1.29, 1.82) is 0 Å². The largest absolute Gasteiger partial charge is 0.367 e. The fraction of sp³-hybridized carbons (Fsp3) is 0.500. The molecular formula is C18H29N3O. The van der Waals surface area contributed by atoms with E-state index in [9.17, 15) is 4.79 Å². The van der Waals surface area contributed by atoms with Crippen LogP contribution in [0.25, 0.3) is 0 Å². The van der Waals surface area contributed by atoms with Crippen LogP contribution in [0.2, 0.25) is 0 Å².